The molecule has 0 amide bonds. The number of ether oxygens (including phenoxy) is 2. The van der Waals surface area contributed by atoms with Gasteiger partial charge in [0.1, 0.15) is 4.88 Å². The number of nitrogen functional groups attached to an aromatic ring is 1. The number of hydrogen-bond donors (Lipinski definition) is 1. The molecule has 0 radical (unpaired) electrons. The molecule has 2 aromatic carbocycles. The van der Waals surface area contributed by atoms with E-state index in [0.717, 1.165) is 11.3 Å². The molecule has 0 aliphatic carbocycles. The minimum absolute atomic E-state index is 0.205. The van der Waals surface area contributed by atoms with Crippen LogP contribution in [0.4, 0.5) is 5.13 Å². The summed E-state index contributed by atoms with van der Waals surface area (Å²) in [6, 6.07) is 9.41. The van der Waals surface area contributed by atoms with E-state index in [2.05, 4.69) is 20.9 Å². The second-order valence-corrected chi connectivity index (χ2v) is 10.3. The first kappa shape index (κ1) is 30.3. The Labute approximate surface area is 239 Å². The quantitative estimate of drug-likeness (QED) is 0.122. The van der Waals surface area contributed by atoms with Crippen molar-refractivity contribution in [2.75, 3.05) is 18.9 Å². The first-order chi connectivity index (χ1) is 17.0. The molecule has 0 spiro atoms. The Morgan fingerprint density at radius 2 is 1.56 bits per heavy atom. The minimum atomic E-state index is -1.05. The Hall–Kier alpha value is -1.88. The molecule has 2 N–H and O–H groups in total. The number of aromatic nitrogens is 1. The predicted molar refractivity (Wildman–Crippen MR) is 148 cm³/mol. The highest BCUT2D eigenvalue weighted by Gasteiger charge is 2.27. The van der Waals surface area contributed by atoms with Crippen LogP contribution in [0.5, 0.6) is 0 Å². The van der Waals surface area contributed by atoms with Gasteiger partial charge in [0.2, 0.25) is 0 Å². The third-order valence-electron chi connectivity index (χ3n) is 4.21. The molecular formula is C23H19BrCl4N2O5S. The molecule has 3 aromatic rings. The summed E-state index contributed by atoms with van der Waals surface area (Å²) in [6.07, 6.45) is 0. The highest BCUT2D eigenvalue weighted by Crippen LogP contribution is 2.35. The van der Waals surface area contributed by atoms with Gasteiger partial charge < -0.3 is 15.2 Å². The number of nitrogens with two attached hydrogens (primary N) is 1. The van der Waals surface area contributed by atoms with E-state index >= 15 is 0 Å². The molecule has 0 aliphatic rings. The van der Waals surface area contributed by atoms with Gasteiger partial charge in [0.05, 0.1) is 29.0 Å². The SMILES string of the molecule is CCOC(=O)C(Br)C(=O)c1ccc(Cl)cc1Cl.CCOC(=O)c1sc(N)nc1-c1ccc(Cl)cc1Cl. The van der Waals surface area contributed by atoms with Crippen molar-refractivity contribution in [2.24, 2.45) is 0 Å². The number of thiazole rings is 1. The lowest BCUT2D eigenvalue weighted by Crippen LogP contribution is -2.26. The second-order valence-electron chi connectivity index (χ2n) is 6.68. The number of benzene rings is 2. The van der Waals surface area contributed by atoms with Crippen LogP contribution in [0, 0.1) is 0 Å². The molecular weight excluding hydrogens is 638 g/mol. The van der Waals surface area contributed by atoms with Crippen molar-refractivity contribution in [1.29, 1.82) is 0 Å². The Balaban J connectivity index is 0.000000255. The van der Waals surface area contributed by atoms with Gasteiger partial charge in [-0.15, -0.1) is 0 Å². The maximum atomic E-state index is 11.9. The van der Waals surface area contributed by atoms with Gasteiger partial charge in [-0.3, -0.25) is 9.59 Å². The molecule has 36 heavy (non-hydrogen) atoms. The normalized spacial score (nSPS) is 11.2. The number of carbonyl (C=O) groups is 3. The second kappa shape index (κ2) is 14.2. The number of esters is 2. The molecule has 1 unspecified atom stereocenters. The highest BCUT2D eigenvalue weighted by atomic mass is 79.9. The highest BCUT2D eigenvalue weighted by molar-refractivity contribution is 9.10. The van der Waals surface area contributed by atoms with Crippen LogP contribution in [-0.4, -0.2) is 40.7 Å². The van der Waals surface area contributed by atoms with Crippen molar-refractivity contribution < 1.29 is 23.9 Å². The molecule has 7 nitrogen and oxygen atoms in total. The van der Waals surface area contributed by atoms with Crippen LogP contribution in [0.15, 0.2) is 36.4 Å². The summed E-state index contributed by atoms with van der Waals surface area (Å²) in [5, 5.41) is 1.83. The van der Waals surface area contributed by atoms with Crippen molar-refractivity contribution in [1.82, 2.24) is 4.98 Å². The third-order valence-corrected chi connectivity index (χ3v) is 6.96. The van der Waals surface area contributed by atoms with E-state index in [-0.39, 0.29) is 28.9 Å². The van der Waals surface area contributed by atoms with Crippen LogP contribution in [0.3, 0.4) is 0 Å². The zero-order valence-corrected chi connectivity index (χ0v) is 24.2. The Morgan fingerprint density at radius 1 is 0.972 bits per heavy atom. The Morgan fingerprint density at radius 3 is 2.11 bits per heavy atom. The fraction of sp³-hybridized carbons (Fsp3) is 0.217. The van der Waals surface area contributed by atoms with Crippen LogP contribution in [0.2, 0.25) is 20.1 Å². The average molecular weight is 657 g/mol. The number of carbonyl (C=O) groups excluding carboxylic acids is 3. The van der Waals surface area contributed by atoms with E-state index in [1.807, 2.05) is 0 Å². The van der Waals surface area contributed by atoms with Gasteiger partial charge in [-0.2, -0.15) is 0 Å². The van der Waals surface area contributed by atoms with Gasteiger partial charge in [0.25, 0.3) is 0 Å². The van der Waals surface area contributed by atoms with Crippen LogP contribution < -0.4 is 5.73 Å². The first-order valence-electron chi connectivity index (χ1n) is 10.2. The fourth-order valence-electron chi connectivity index (χ4n) is 2.68. The Bertz CT molecular complexity index is 1270. The van der Waals surface area contributed by atoms with Gasteiger partial charge in [0, 0.05) is 21.2 Å². The van der Waals surface area contributed by atoms with Crippen molar-refractivity contribution in [3.05, 3.63) is 66.9 Å². The molecule has 13 heteroatoms. The predicted octanol–water partition coefficient (Wildman–Crippen LogP) is 7.38. The lowest BCUT2D eigenvalue weighted by Gasteiger charge is -2.09. The van der Waals surface area contributed by atoms with Crippen molar-refractivity contribution in [2.45, 2.75) is 18.7 Å². The lowest BCUT2D eigenvalue weighted by atomic mass is 10.1. The molecule has 1 heterocycles. The number of halogens is 5. The monoisotopic (exact) mass is 654 g/mol. The van der Waals surface area contributed by atoms with Crippen molar-refractivity contribution in [3.8, 4) is 11.3 Å². The topological polar surface area (TPSA) is 109 Å². The number of anilines is 1. The van der Waals surface area contributed by atoms with Crippen LogP contribution in [0.25, 0.3) is 11.3 Å². The van der Waals surface area contributed by atoms with Gasteiger partial charge in [-0.1, -0.05) is 73.7 Å². The van der Waals surface area contributed by atoms with E-state index in [4.69, 9.17) is 61.6 Å². The summed E-state index contributed by atoms with van der Waals surface area (Å²) in [6.45, 7) is 3.89. The summed E-state index contributed by atoms with van der Waals surface area (Å²) in [5.41, 5.74) is 6.91. The molecule has 3 rings (SSSR count). The average Bonchev–Trinajstić information content (AvgIpc) is 3.20. The zero-order chi connectivity index (χ0) is 27.0. The number of alkyl halides is 1. The molecule has 1 atom stereocenters. The molecule has 192 valence electrons. The fourth-order valence-corrected chi connectivity index (χ4v) is 4.80. The number of Topliss-reactive ketones (excluding diaryl/α,β-unsaturated/α-hetero) is 1. The van der Waals surface area contributed by atoms with E-state index in [0.29, 0.717) is 31.2 Å². The van der Waals surface area contributed by atoms with Crippen molar-refractivity contribution >= 4 is 96.5 Å². The summed E-state index contributed by atoms with van der Waals surface area (Å²) in [4.78, 5) is 38.6. The standard InChI is InChI=1S/C12H10Cl2N2O2S.C11H9BrCl2O3/c1-2-18-11(17)10-9(16-12(15)19-10)7-4-3-6(13)5-8(7)14;1-2-17-11(16)9(12)10(15)7-4-3-6(13)5-8(7)14/h3-5H,2H2,1H3,(H2,15,16);3-5,9H,2H2,1H3. The number of hydrogen-bond acceptors (Lipinski definition) is 8. The molecule has 1 aromatic heterocycles. The molecule has 0 aliphatic heterocycles. The van der Waals surface area contributed by atoms with Crippen LogP contribution >= 0.6 is 73.7 Å². The van der Waals surface area contributed by atoms with E-state index < -0.39 is 22.5 Å². The van der Waals surface area contributed by atoms with E-state index in [9.17, 15) is 14.4 Å². The van der Waals surface area contributed by atoms with E-state index in [1.54, 1.807) is 32.0 Å². The zero-order valence-electron chi connectivity index (χ0n) is 18.8. The minimum Gasteiger partial charge on any atom is -0.465 e. The summed E-state index contributed by atoms with van der Waals surface area (Å²) < 4.78 is 9.71. The number of nitrogens with zero attached hydrogens (tertiary/aromatic N) is 1. The molecule has 0 saturated carbocycles. The first-order valence-corrected chi connectivity index (χ1v) is 13.4. The summed E-state index contributed by atoms with van der Waals surface area (Å²) in [7, 11) is 0. The Kier molecular flexibility index (Phi) is 11.9. The third kappa shape index (κ3) is 8.06. The van der Waals surface area contributed by atoms with Gasteiger partial charge in [0.15, 0.2) is 15.7 Å². The smallest absolute Gasteiger partial charge is 0.350 e. The number of rotatable bonds is 7. The van der Waals surface area contributed by atoms with Crippen LogP contribution in [-0.2, 0) is 14.3 Å². The number of ketones is 1. The van der Waals surface area contributed by atoms with Crippen LogP contribution in [0.1, 0.15) is 33.9 Å². The van der Waals surface area contributed by atoms with Gasteiger partial charge in [-0.05, 0) is 50.2 Å². The summed E-state index contributed by atoms with van der Waals surface area (Å²) >= 11 is 27.6. The van der Waals surface area contributed by atoms with E-state index in [1.165, 1.54) is 18.2 Å². The maximum Gasteiger partial charge on any atom is 0.350 e. The summed E-state index contributed by atoms with van der Waals surface area (Å²) in [5.74, 6) is -1.55. The van der Waals surface area contributed by atoms with Crippen molar-refractivity contribution in [3.63, 3.8) is 0 Å². The lowest BCUT2D eigenvalue weighted by molar-refractivity contribution is -0.141. The van der Waals surface area contributed by atoms with Gasteiger partial charge in [-0.25, -0.2) is 9.78 Å². The maximum absolute atomic E-state index is 11.9. The largest absolute Gasteiger partial charge is 0.465 e. The molecule has 0 bridgehead atoms. The molecule has 0 saturated heterocycles. The van der Waals surface area contributed by atoms with Gasteiger partial charge >= 0.3 is 11.9 Å². The molecule has 0 fully saturated rings.